The Morgan fingerprint density at radius 3 is 1.27 bits per heavy atom. The lowest BCUT2D eigenvalue weighted by Crippen LogP contribution is -2.14. The fourth-order valence-electron chi connectivity index (χ4n) is 5.92. The fraction of sp³-hybridized carbons (Fsp3) is 0.171. The van der Waals surface area contributed by atoms with E-state index in [4.69, 9.17) is 0 Å². The van der Waals surface area contributed by atoms with Gasteiger partial charge in [-0.3, -0.25) is 0 Å². The first-order valence-electron chi connectivity index (χ1n) is 16.0. The summed E-state index contributed by atoms with van der Waals surface area (Å²) in [7, 11) is 0. The summed E-state index contributed by atoms with van der Waals surface area (Å²) in [4.78, 5) is 11.4. The zero-order chi connectivity index (χ0) is 31.9. The van der Waals surface area contributed by atoms with Crippen molar-refractivity contribution in [3.63, 3.8) is 0 Å². The van der Waals surface area contributed by atoms with Gasteiger partial charge in [-0.05, 0) is 86.5 Å². The van der Waals surface area contributed by atoms with E-state index in [-0.39, 0.29) is 0 Å². The van der Waals surface area contributed by atoms with Crippen LogP contribution >= 0.6 is 0 Å². The number of nitrogens with zero attached hydrogens (tertiary/aromatic N) is 2. The maximum Gasteiger partial charge on any atom is 0.0636 e. The lowest BCUT2D eigenvalue weighted by atomic mass is 9.92. The van der Waals surface area contributed by atoms with E-state index in [1.165, 1.54) is 49.6 Å². The van der Waals surface area contributed by atoms with Crippen LogP contribution in [0.1, 0.15) is 44.4 Å². The summed E-state index contributed by atoms with van der Waals surface area (Å²) >= 11 is 0. The maximum atomic E-state index is 3.29. The van der Waals surface area contributed by atoms with Gasteiger partial charge in [-0.15, -0.1) is 0 Å². The minimum absolute atomic E-state index is 1.09. The van der Waals surface area contributed by atoms with Crippen LogP contribution in [0.3, 0.4) is 0 Å². The summed E-state index contributed by atoms with van der Waals surface area (Å²) in [6.45, 7) is 14.6. The number of para-hydroxylation sites is 2. The maximum absolute atomic E-state index is 3.29. The van der Waals surface area contributed by atoms with Crippen LogP contribution in [-0.4, -0.2) is 9.97 Å². The van der Waals surface area contributed by atoms with Crippen LogP contribution in [0.4, 0.5) is 34.1 Å². The minimum Gasteiger partial charge on any atom is -0.366 e. The number of hydrogen-bond donors (Lipinski definition) is 2. The van der Waals surface area contributed by atoms with Crippen molar-refractivity contribution >= 4 is 55.7 Å². The summed E-state index contributed by atoms with van der Waals surface area (Å²) in [5.41, 5.74) is 10.5. The highest BCUT2D eigenvalue weighted by molar-refractivity contribution is 6.23. The third kappa shape index (κ3) is 5.97. The molecule has 2 N–H and O–H groups in total. The molecule has 45 heavy (non-hydrogen) atoms. The second kappa shape index (κ2) is 14.0. The Hall–Kier alpha value is -5.22. The number of rotatable bonds is 6. The van der Waals surface area contributed by atoms with E-state index in [1.54, 1.807) is 0 Å². The number of anilines is 6. The molecule has 0 fully saturated rings. The second-order valence-corrected chi connectivity index (χ2v) is 10.7. The molecule has 0 radical (unpaired) electrons. The van der Waals surface area contributed by atoms with Crippen LogP contribution in [0, 0.1) is 20.8 Å². The molecule has 0 atom stereocenters. The average molecular weight is 593 g/mol. The Kier molecular flexibility index (Phi) is 9.74. The smallest absolute Gasteiger partial charge is 0.0636 e. The summed E-state index contributed by atoms with van der Waals surface area (Å²) in [6, 6.07) is 37.2. The Morgan fingerprint density at radius 1 is 0.422 bits per heavy atom. The van der Waals surface area contributed by atoms with Gasteiger partial charge in [0.1, 0.15) is 0 Å². The van der Waals surface area contributed by atoms with Crippen LogP contribution in [0.25, 0.3) is 21.5 Å². The summed E-state index contributed by atoms with van der Waals surface area (Å²) in [5.74, 6) is 0. The van der Waals surface area contributed by atoms with Gasteiger partial charge >= 0.3 is 0 Å². The average Bonchev–Trinajstić information content (AvgIpc) is 3.82. The van der Waals surface area contributed by atoms with Crippen molar-refractivity contribution in [3.05, 3.63) is 145 Å². The molecule has 0 saturated heterocycles. The van der Waals surface area contributed by atoms with Crippen molar-refractivity contribution < 1.29 is 0 Å². The van der Waals surface area contributed by atoms with Gasteiger partial charge in [0.25, 0.3) is 0 Å². The topological polar surface area (TPSA) is 38.1 Å². The van der Waals surface area contributed by atoms with Crippen molar-refractivity contribution in [2.24, 2.45) is 0 Å². The Labute approximate surface area is 268 Å². The van der Waals surface area contributed by atoms with Crippen LogP contribution in [0.5, 0.6) is 0 Å². The first-order chi connectivity index (χ1) is 22.1. The summed E-state index contributed by atoms with van der Waals surface area (Å²) < 4.78 is 0. The van der Waals surface area contributed by atoms with Gasteiger partial charge in [-0.25, -0.2) is 0 Å². The lowest BCUT2D eigenvalue weighted by molar-refractivity contribution is 1.28. The monoisotopic (exact) mass is 592 g/mol. The number of aromatic amines is 2. The number of aromatic nitrogens is 2. The molecule has 0 unspecified atom stereocenters. The van der Waals surface area contributed by atoms with Gasteiger partial charge in [-0.2, -0.15) is 0 Å². The lowest BCUT2D eigenvalue weighted by Gasteiger charge is -2.32. The fourth-order valence-corrected chi connectivity index (χ4v) is 5.92. The van der Waals surface area contributed by atoms with Crippen LogP contribution in [-0.2, 0) is 0 Å². The Bertz CT molecular complexity index is 1960. The number of aryl methyl sites for hydroxylation is 3. The third-order valence-corrected chi connectivity index (χ3v) is 7.98. The molecule has 5 aromatic carbocycles. The number of nitrogens with one attached hydrogen (secondary N) is 2. The molecule has 0 spiro atoms. The quantitative estimate of drug-likeness (QED) is 0.149. The van der Waals surface area contributed by atoms with Crippen molar-refractivity contribution in [1.29, 1.82) is 0 Å². The molecular weight excluding hydrogens is 548 g/mol. The summed E-state index contributed by atoms with van der Waals surface area (Å²) in [6.07, 6.45) is 8.13. The molecule has 0 bridgehead atoms. The van der Waals surface area contributed by atoms with Crippen LogP contribution in [0.15, 0.2) is 128 Å². The molecule has 0 amide bonds. The molecule has 7 rings (SSSR count). The molecule has 228 valence electrons. The van der Waals surface area contributed by atoms with Crippen molar-refractivity contribution in [2.75, 3.05) is 9.80 Å². The predicted molar refractivity (Wildman–Crippen MR) is 196 cm³/mol. The molecule has 2 heterocycles. The van der Waals surface area contributed by atoms with E-state index in [9.17, 15) is 0 Å². The number of fused-ring (bicyclic) bond motifs is 2. The second-order valence-electron chi connectivity index (χ2n) is 10.7. The van der Waals surface area contributed by atoms with Gasteiger partial charge in [0.05, 0.1) is 22.7 Å². The number of hydrogen-bond acceptors (Lipinski definition) is 2. The van der Waals surface area contributed by atoms with Crippen molar-refractivity contribution in [1.82, 2.24) is 9.97 Å². The molecule has 7 aromatic rings. The molecule has 4 nitrogen and oxygen atoms in total. The largest absolute Gasteiger partial charge is 0.366 e. The van der Waals surface area contributed by atoms with E-state index < -0.39 is 0 Å². The number of benzene rings is 5. The molecule has 2 aromatic heterocycles. The summed E-state index contributed by atoms with van der Waals surface area (Å²) in [5, 5.41) is 4.82. The van der Waals surface area contributed by atoms with Crippen LogP contribution < -0.4 is 9.80 Å². The van der Waals surface area contributed by atoms with Crippen molar-refractivity contribution in [2.45, 2.75) is 48.5 Å². The molecule has 0 aliphatic rings. The van der Waals surface area contributed by atoms with Gasteiger partial charge in [-0.1, -0.05) is 81.8 Å². The standard InChI is InChI=1S/C37H32N4.2C2H6/c1-25-14-15-32-33(20-25)37(41(31-17-19-39-24-31)29-12-8-5-9-13-29)35-22-27(3)26(2)21-34(35)36(32)40(30-16-18-38-23-30)28-10-6-4-7-11-28;2*1-2/h4-24,38-39H,1-3H3;2*1-2H3. The predicted octanol–water partition coefficient (Wildman–Crippen LogP) is 12.6. The van der Waals surface area contributed by atoms with Crippen LogP contribution in [0.2, 0.25) is 0 Å². The Balaban J connectivity index is 0.000000963. The zero-order valence-electron chi connectivity index (χ0n) is 27.5. The highest BCUT2D eigenvalue weighted by Crippen LogP contribution is 2.51. The first-order valence-corrected chi connectivity index (χ1v) is 16.0. The zero-order valence-corrected chi connectivity index (χ0v) is 27.5. The van der Waals surface area contributed by atoms with Gasteiger partial charge in [0.2, 0.25) is 0 Å². The SMILES string of the molecule is CC.CC.Cc1ccc2c(N(c3ccccc3)c3cc[nH]c3)c3cc(C)c(C)cc3c(N(c3ccccc3)c3cc[nH]c3)c2c1. The van der Waals surface area contributed by atoms with Gasteiger partial charge in [0, 0.05) is 57.7 Å². The van der Waals surface area contributed by atoms with E-state index >= 15 is 0 Å². The van der Waals surface area contributed by atoms with E-state index in [0.717, 1.165) is 22.7 Å². The Morgan fingerprint density at radius 2 is 0.844 bits per heavy atom. The third-order valence-electron chi connectivity index (χ3n) is 7.98. The number of H-pyrrole nitrogens is 2. The molecule has 4 heteroatoms. The van der Waals surface area contributed by atoms with Gasteiger partial charge < -0.3 is 19.8 Å². The normalized spacial score (nSPS) is 10.6. The molecule has 0 aliphatic carbocycles. The van der Waals surface area contributed by atoms with E-state index in [2.05, 4.69) is 156 Å². The van der Waals surface area contributed by atoms with Gasteiger partial charge in [0.15, 0.2) is 0 Å². The minimum atomic E-state index is 1.09. The van der Waals surface area contributed by atoms with E-state index in [1.807, 2.05) is 40.1 Å². The van der Waals surface area contributed by atoms with Crippen molar-refractivity contribution in [3.8, 4) is 0 Å². The molecular formula is C41H44N4. The highest BCUT2D eigenvalue weighted by atomic mass is 15.2. The molecule has 0 saturated carbocycles. The first kappa shape index (κ1) is 31.2. The molecule has 0 aliphatic heterocycles. The van der Waals surface area contributed by atoms with E-state index in [0.29, 0.717) is 0 Å². The highest BCUT2D eigenvalue weighted by Gasteiger charge is 2.26.